The Labute approximate surface area is 151 Å². The van der Waals surface area contributed by atoms with Crippen LogP contribution in [0, 0.1) is 6.92 Å². The van der Waals surface area contributed by atoms with Crippen molar-refractivity contribution in [2.45, 2.75) is 46.1 Å². The quantitative estimate of drug-likeness (QED) is 0.700. The molecule has 0 spiro atoms. The first kappa shape index (κ1) is 19.5. The second kappa shape index (κ2) is 8.51. The molecule has 7 heteroatoms. The molecule has 2 aromatic rings. The van der Waals surface area contributed by atoms with E-state index < -0.39 is 30.2 Å². The fourth-order valence-corrected chi connectivity index (χ4v) is 2.66. The monoisotopic (exact) mass is 361 g/mol. The van der Waals surface area contributed by atoms with Crippen LogP contribution in [0.1, 0.15) is 37.8 Å². The molecule has 1 amide bonds. The van der Waals surface area contributed by atoms with Crippen LogP contribution in [0.3, 0.4) is 0 Å². The van der Waals surface area contributed by atoms with Crippen molar-refractivity contribution in [2.75, 3.05) is 6.54 Å². The number of hydrogen-bond donors (Lipinski definition) is 2. The van der Waals surface area contributed by atoms with Crippen LogP contribution in [-0.4, -0.2) is 29.6 Å². The van der Waals surface area contributed by atoms with Crippen LogP contribution in [0.4, 0.5) is 0 Å². The molecule has 2 N–H and O–H groups in total. The van der Waals surface area contributed by atoms with Gasteiger partial charge in [0.15, 0.2) is 6.10 Å². The lowest BCUT2D eigenvalue weighted by Crippen LogP contribution is -2.39. The summed E-state index contributed by atoms with van der Waals surface area (Å²) in [6.07, 6.45) is 1.88. The third kappa shape index (κ3) is 4.62. The normalized spacial score (nSPS) is 12.0. The molecule has 0 aliphatic rings. The molecule has 26 heavy (non-hydrogen) atoms. The first-order valence-corrected chi connectivity index (χ1v) is 8.56. The largest absolute Gasteiger partial charge is 0.480 e. The molecule has 1 atom stereocenters. The van der Waals surface area contributed by atoms with Crippen molar-refractivity contribution in [2.24, 2.45) is 0 Å². The predicted octanol–water partition coefficient (Wildman–Crippen LogP) is 2.41. The summed E-state index contributed by atoms with van der Waals surface area (Å²) >= 11 is 0. The van der Waals surface area contributed by atoms with E-state index in [2.05, 4.69) is 12.2 Å². The first-order valence-electron chi connectivity index (χ1n) is 8.56. The molecule has 0 saturated heterocycles. The van der Waals surface area contributed by atoms with Crippen LogP contribution in [-0.2, 0) is 16.0 Å². The van der Waals surface area contributed by atoms with Gasteiger partial charge in [-0.25, -0.2) is 4.79 Å². The number of carbonyl (C=O) groups excluding carboxylic acids is 1. The highest BCUT2D eigenvalue weighted by atomic mass is 16.5. The molecule has 140 valence electrons. The molecule has 0 aliphatic heterocycles. The number of amides is 1. The predicted molar refractivity (Wildman–Crippen MR) is 96.6 cm³/mol. The van der Waals surface area contributed by atoms with Gasteiger partial charge in [0.05, 0.1) is 0 Å². The number of fused-ring (bicyclic) bond motifs is 1. The van der Waals surface area contributed by atoms with Crippen LogP contribution in [0.25, 0.3) is 11.0 Å². The van der Waals surface area contributed by atoms with Gasteiger partial charge in [-0.05, 0) is 44.4 Å². The van der Waals surface area contributed by atoms with Crippen LogP contribution in [0.5, 0.6) is 5.75 Å². The number of ether oxygens (including phenoxy) is 1. The molecule has 0 saturated carbocycles. The number of carboxylic acids is 1. The van der Waals surface area contributed by atoms with Crippen molar-refractivity contribution in [3.05, 3.63) is 39.7 Å². The third-order valence-electron chi connectivity index (χ3n) is 4.08. The van der Waals surface area contributed by atoms with Gasteiger partial charge in [0.2, 0.25) is 0 Å². The van der Waals surface area contributed by atoms with Crippen molar-refractivity contribution in [1.29, 1.82) is 0 Å². The van der Waals surface area contributed by atoms with Crippen LogP contribution in [0.15, 0.2) is 27.4 Å². The number of carbonyl (C=O) groups is 2. The molecule has 0 fully saturated rings. The van der Waals surface area contributed by atoms with E-state index in [1.165, 1.54) is 13.0 Å². The number of aryl methyl sites for hydroxylation is 2. The molecule has 0 aliphatic carbocycles. The highest BCUT2D eigenvalue weighted by Gasteiger charge is 2.18. The Balaban J connectivity index is 2.29. The van der Waals surface area contributed by atoms with Gasteiger partial charge in [-0.2, -0.15) is 0 Å². The van der Waals surface area contributed by atoms with Crippen molar-refractivity contribution >= 4 is 22.8 Å². The standard InChI is InChI=1S/C19H23NO6/c1-4-5-6-13-9-17(23)26-18-11(2)15(8-7-14(13)18)25-12(3)19(24)20-10-16(21)22/h7-9,12H,4-6,10H2,1-3H3,(H,20,24)(H,21,22)/t12-/m0/s1. The SMILES string of the molecule is CCCCc1cc(=O)oc2c(C)c(O[C@@H](C)C(=O)NCC(=O)O)ccc12. The molecule has 2 rings (SSSR count). The van der Waals surface area contributed by atoms with Gasteiger partial charge in [0, 0.05) is 17.0 Å². The van der Waals surface area contributed by atoms with Crippen LogP contribution >= 0.6 is 0 Å². The highest BCUT2D eigenvalue weighted by Crippen LogP contribution is 2.29. The van der Waals surface area contributed by atoms with Gasteiger partial charge in [-0.1, -0.05) is 13.3 Å². The summed E-state index contributed by atoms with van der Waals surface area (Å²) in [6.45, 7) is 4.89. The van der Waals surface area contributed by atoms with E-state index in [4.69, 9.17) is 14.3 Å². The van der Waals surface area contributed by atoms with Crippen molar-refractivity contribution in [3.8, 4) is 5.75 Å². The fraction of sp³-hybridized carbons (Fsp3) is 0.421. The lowest BCUT2D eigenvalue weighted by Gasteiger charge is -2.17. The van der Waals surface area contributed by atoms with E-state index in [9.17, 15) is 14.4 Å². The van der Waals surface area contributed by atoms with E-state index in [0.717, 1.165) is 30.2 Å². The summed E-state index contributed by atoms with van der Waals surface area (Å²) in [5.41, 5.74) is 1.58. The number of benzene rings is 1. The summed E-state index contributed by atoms with van der Waals surface area (Å²) < 4.78 is 11.0. The summed E-state index contributed by atoms with van der Waals surface area (Å²) in [5, 5.41) is 11.7. The van der Waals surface area contributed by atoms with Crippen molar-refractivity contribution < 1.29 is 23.8 Å². The number of carboxylic acid groups (broad SMARTS) is 1. The zero-order valence-electron chi connectivity index (χ0n) is 15.1. The van der Waals surface area contributed by atoms with Gasteiger partial charge in [0.25, 0.3) is 5.91 Å². The zero-order valence-corrected chi connectivity index (χ0v) is 15.1. The maximum Gasteiger partial charge on any atom is 0.336 e. The molecule has 0 radical (unpaired) electrons. The van der Waals surface area contributed by atoms with Gasteiger partial charge < -0.3 is 19.6 Å². The molecule has 1 heterocycles. The lowest BCUT2D eigenvalue weighted by atomic mass is 10.0. The van der Waals surface area contributed by atoms with E-state index in [-0.39, 0.29) is 0 Å². The number of hydrogen-bond acceptors (Lipinski definition) is 5. The van der Waals surface area contributed by atoms with E-state index in [1.807, 2.05) is 6.07 Å². The maximum atomic E-state index is 11.9. The Bertz CT molecular complexity index is 870. The second-order valence-electron chi connectivity index (χ2n) is 6.13. The summed E-state index contributed by atoms with van der Waals surface area (Å²) in [5.74, 6) is -1.26. The maximum absolute atomic E-state index is 11.9. The molecule has 0 unspecified atom stereocenters. The Hall–Kier alpha value is -2.83. The van der Waals surface area contributed by atoms with Gasteiger partial charge >= 0.3 is 11.6 Å². The van der Waals surface area contributed by atoms with Gasteiger partial charge in [-0.15, -0.1) is 0 Å². The van der Waals surface area contributed by atoms with E-state index >= 15 is 0 Å². The second-order valence-corrected chi connectivity index (χ2v) is 6.13. The molecule has 1 aromatic heterocycles. The average molecular weight is 361 g/mol. The Morgan fingerprint density at radius 2 is 2.08 bits per heavy atom. The van der Waals surface area contributed by atoms with Crippen molar-refractivity contribution in [3.63, 3.8) is 0 Å². The number of unbranched alkanes of at least 4 members (excludes halogenated alkanes) is 1. The summed E-state index contributed by atoms with van der Waals surface area (Å²) in [6, 6.07) is 5.06. The minimum Gasteiger partial charge on any atom is -0.480 e. The Morgan fingerprint density at radius 1 is 1.35 bits per heavy atom. The number of aliphatic carboxylic acids is 1. The Kier molecular flexibility index (Phi) is 6.38. The first-order chi connectivity index (χ1) is 12.3. The zero-order chi connectivity index (χ0) is 19.3. The Morgan fingerprint density at radius 3 is 2.73 bits per heavy atom. The van der Waals surface area contributed by atoms with Crippen molar-refractivity contribution in [1.82, 2.24) is 5.32 Å². The lowest BCUT2D eigenvalue weighted by molar-refractivity contribution is -0.139. The molecular formula is C19H23NO6. The third-order valence-corrected chi connectivity index (χ3v) is 4.08. The van der Waals surface area contributed by atoms with Gasteiger partial charge in [-0.3, -0.25) is 9.59 Å². The van der Waals surface area contributed by atoms with Crippen LogP contribution < -0.4 is 15.7 Å². The molecule has 1 aromatic carbocycles. The minimum absolute atomic E-state index is 0.409. The van der Waals surface area contributed by atoms with E-state index in [1.54, 1.807) is 13.0 Å². The highest BCUT2D eigenvalue weighted by molar-refractivity contribution is 5.86. The molecular weight excluding hydrogens is 338 g/mol. The average Bonchev–Trinajstić information content (AvgIpc) is 2.60. The number of rotatable bonds is 8. The van der Waals surface area contributed by atoms with E-state index in [0.29, 0.717) is 16.9 Å². The van der Waals surface area contributed by atoms with Gasteiger partial charge in [0.1, 0.15) is 17.9 Å². The summed E-state index contributed by atoms with van der Waals surface area (Å²) in [4.78, 5) is 34.3. The fourth-order valence-electron chi connectivity index (χ4n) is 2.66. The smallest absolute Gasteiger partial charge is 0.336 e. The summed E-state index contributed by atoms with van der Waals surface area (Å²) in [7, 11) is 0. The molecule has 0 bridgehead atoms. The minimum atomic E-state index is -1.13. The molecule has 7 nitrogen and oxygen atoms in total. The number of nitrogens with one attached hydrogen (secondary N) is 1. The van der Waals surface area contributed by atoms with Crippen LogP contribution in [0.2, 0.25) is 0 Å². The topological polar surface area (TPSA) is 106 Å².